The van der Waals surface area contributed by atoms with Gasteiger partial charge >= 0.3 is 0 Å². The van der Waals surface area contributed by atoms with Gasteiger partial charge in [-0.05, 0) is 44.6 Å². The minimum atomic E-state index is -0.106. The molecule has 0 unspecified atom stereocenters. The molecule has 1 aromatic rings. The number of nitrogens with zero attached hydrogens (tertiary/aromatic N) is 2. The van der Waals surface area contributed by atoms with E-state index >= 15 is 0 Å². The van der Waals surface area contributed by atoms with Crippen molar-refractivity contribution in [2.45, 2.75) is 12.8 Å². The molecule has 1 amide bonds. The number of benzene rings is 1. The van der Waals surface area contributed by atoms with E-state index in [0.29, 0.717) is 17.1 Å². The first-order valence-corrected chi connectivity index (χ1v) is 8.87. The smallest absolute Gasteiger partial charge is 0.252 e. The zero-order valence-corrected chi connectivity index (χ0v) is 15.3. The molecule has 22 heavy (non-hydrogen) atoms. The minimum Gasteiger partial charge on any atom is -0.352 e. The summed E-state index contributed by atoms with van der Waals surface area (Å²) in [6.45, 7) is 6.40. The van der Waals surface area contributed by atoms with E-state index in [1.165, 1.54) is 0 Å². The van der Waals surface area contributed by atoms with Crippen LogP contribution >= 0.6 is 27.5 Å². The van der Waals surface area contributed by atoms with E-state index in [-0.39, 0.29) is 5.91 Å². The molecular weight excluding hydrogens is 366 g/mol. The lowest BCUT2D eigenvalue weighted by atomic mass is 10.2. The Bertz CT molecular complexity index is 504. The van der Waals surface area contributed by atoms with Gasteiger partial charge in [0.2, 0.25) is 0 Å². The second-order valence-corrected chi connectivity index (χ2v) is 7.05. The van der Waals surface area contributed by atoms with Gasteiger partial charge in [-0.15, -0.1) is 0 Å². The molecule has 1 fully saturated rings. The standard InChI is InChI=1S/C16H23BrClN3O/c1-20-8-10-21(11-9-20)7-3-2-6-19-16(22)14-12-13(17)4-5-15(14)18/h4-5,12H,2-3,6-11H2,1H3,(H,19,22). The molecule has 0 spiro atoms. The van der Waals surface area contributed by atoms with Gasteiger partial charge in [-0.2, -0.15) is 0 Å². The average Bonchev–Trinajstić information content (AvgIpc) is 2.51. The average molecular weight is 389 g/mol. The molecule has 1 aliphatic rings. The van der Waals surface area contributed by atoms with Crippen molar-refractivity contribution in [2.24, 2.45) is 0 Å². The van der Waals surface area contributed by atoms with E-state index in [1.807, 2.05) is 6.07 Å². The van der Waals surface area contributed by atoms with Crippen molar-refractivity contribution in [2.75, 3.05) is 46.3 Å². The van der Waals surface area contributed by atoms with Crippen LogP contribution in [-0.4, -0.2) is 62.0 Å². The van der Waals surface area contributed by atoms with E-state index in [0.717, 1.165) is 50.0 Å². The lowest BCUT2D eigenvalue weighted by Gasteiger charge is -2.32. The molecule has 1 aromatic carbocycles. The molecule has 2 rings (SSSR count). The van der Waals surface area contributed by atoms with Crippen molar-refractivity contribution in [3.63, 3.8) is 0 Å². The summed E-state index contributed by atoms with van der Waals surface area (Å²) in [5, 5.41) is 3.43. The fourth-order valence-corrected chi connectivity index (χ4v) is 3.06. The lowest BCUT2D eigenvalue weighted by molar-refractivity contribution is 0.0952. The van der Waals surface area contributed by atoms with E-state index in [9.17, 15) is 4.79 Å². The van der Waals surface area contributed by atoms with Gasteiger partial charge in [0.25, 0.3) is 5.91 Å². The summed E-state index contributed by atoms with van der Waals surface area (Å²) in [4.78, 5) is 16.9. The first-order chi connectivity index (χ1) is 10.6. The van der Waals surface area contributed by atoms with Crippen molar-refractivity contribution < 1.29 is 4.79 Å². The first kappa shape index (κ1) is 17.7. The third-order valence-electron chi connectivity index (χ3n) is 3.96. The van der Waals surface area contributed by atoms with Gasteiger partial charge in [-0.3, -0.25) is 4.79 Å². The fraction of sp³-hybridized carbons (Fsp3) is 0.562. The van der Waals surface area contributed by atoms with Crippen LogP contribution in [-0.2, 0) is 0 Å². The maximum atomic E-state index is 12.1. The molecule has 1 N–H and O–H groups in total. The highest BCUT2D eigenvalue weighted by molar-refractivity contribution is 9.10. The molecule has 0 atom stereocenters. The quantitative estimate of drug-likeness (QED) is 0.761. The van der Waals surface area contributed by atoms with Gasteiger partial charge in [-0.1, -0.05) is 27.5 Å². The zero-order chi connectivity index (χ0) is 15.9. The van der Waals surface area contributed by atoms with Crippen LogP contribution in [0.5, 0.6) is 0 Å². The molecule has 0 saturated carbocycles. The van der Waals surface area contributed by atoms with Crippen LogP contribution in [0.15, 0.2) is 22.7 Å². The van der Waals surface area contributed by atoms with E-state index in [4.69, 9.17) is 11.6 Å². The third kappa shape index (κ3) is 5.54. The minimum absolute atomic E-state index is 0.106. The Labute approximate surface area is 145 Å². The van der Waals surface area contributed by atoms with Gasteiger partial charge in [0.05, 0.1) is 10.6 Å². The highest BCUT2D eigenvalue weighted by atomic mass is 79.9. The van der Waals surface area contributed by atoms with Crippen LogP contribution in [0.2, 0.25) is 5.02 Å². The molecule has 6 heteroatoms. The number of hydrogen-bond donors (Lipinski definition) is 1. The summed E-state index contributed by atoms with van der Waals surface area (Å²) in [7, 11) is 2.17. The summed E-state index contributed by atoms with van der Waals surface area (Å²) in [5.41, 5.74) is 0.523. The lowest BCUT2D eigenvalue weighted by Crippen LogP contribution is -2.44. The molecule has 1 heterocycles. The van der Waals surface area contributed by atoms with Crippen LogP contribution < -0.4 is 5.32 Å². The topological polar surface area (TPSA) is 35.6 Å². The first-order valence-electron chi connectivity index (χ1n) is 7.70. The number of carbonyl (C=O) groups is 1. The molecule has 0 aliphatic carbocycles. The predicted octanol–water partition coefficient (Wildman–Crippen LogP) is 2.86. The number of nitrogens with one attached hydrogen (secondary N) is 1. The van der Waals surface area contributed by atoms with Gasteiger partial charge in [-0.25, -0.2) is 0 Å². The van der Waals surface area contributed by atoms with Crippen molar-refractivity contribution in [1.29, 1.82) is 0 Å². The number of amides is 1. The molecule has 122 valence electrons. The summed E-state index contributed by atoms with van der Waals surface area (Å²) in [5.74, 6) is -0.106. The maximum absolute atomic E-state index is 12.1. The van der Waals surface area contributed by atoms with Crippen LogP contribution in [0, 0.1) is 0 Å². The van der Waals surface area contributed by atoms with Crippen LogP contribution in [0.25, 0.3) is 0 Å². The second kappa shape index (κ2) is 8.87. The predicted molar refractivity (Wildman–Crippen MR) is 94.7 cm³/mol. The van der Waals surface area contributed by atoms with Gasteiger partial charge in [0, 0.05) is 37.2 Å². The van der Waals surface area contributed by atoms with E-state index < -0.39 is 0 Å². The molecule has 1 saturated heterocycles. The number of halogens is 2. The molecule has 1 aliphatic heterocycles. The number of carbonyl (C=O) groups excluding carboxylic acids is 1. The normalized spacial score (nSPS) is 16.7. The van der Waals surface area contributed by atoms with Crippen LogP contribution in [0.4, 0.5) is 0 Å². The monoisotopic (exact) mass is 387 g/mol. The highest BCUT2D eigenvalue weighted by Crippen LogP contribution is 2.20. The number of piperazine rings is 1. The van der Waals surface area contributed by atoms with E-state index in [2.05, 4.69) is 38.1 Å². The van der Waals surface area contributed by atoms with E-state index in [1.54, 1.807) is 12.1 Å². The molecular formula is C16H23BrClN3O. The molecule has 0 aromatic heterocycles. The molecule has 4 nitrogen and oxygen atoms in total. The van der Waals surface area contributed by atoms with Crippen molar-refractivity contribution in [3.05, 3.63) is 33.3 Å². The number of hydrogen-bond acceptors (Lipinski definition) is 3. The SMILES string of the molecule is CN1CCN(CCCCNC(=O)c2cc(Br)ccc2Cl)CC1. The Morgan fingerprint density at radius 1 is 1.27 bits per heavy atom. The fourth-order valence-electron chi connectivity index (χ4n) is 2.50. The molecule has 0 radical (unpaired) electrons. The number of unbranched alkanes of at least 4 members (excludes halogenated alkanes) is 1. The maximum Gasteiger partial charge on any atom is 0.252 e. The van der Waals surface area contributed by atoms with Gasteiger partial charge in [0.1, 0.15) is 0 Å². The Hall–Kier alpha value is -0.620. The molecule has 0 bridgehead atoms. The van der Waals surface area contributed by atoms with Gasteiger partial charge in [0.15, 0.2) is 0 Å². The summed E-state index contributed by atoms with van der Waals surface area (Å²) in [6.07, 6.45) is 2.10. The van der Waals surface area contributed by atoms with Crippen molar-refractivity contribution >= 4 is 33.4 Å². The van der Waals surface area contributed by atoms with Crippen molar-refractivity contribution in [1.82, 2.24) is 15.1 Å². The largest absolute Gasteiger partial charge is 0.352 e. The van der Waals surface area contributed by atoms with Gasteiger partial charge < -0.3 is 15.1 Å². The Morgan fingerprint density at radius 3 is 2.73 bits per heavy atom. The van der Waals surface area contributed by atoms with Crippen LogP contribution in [0.3, 0.4) is 0 Å². The summed E-state index contributed by atoms with van der Waals surface area (Å²) < 4.78 is 0.858. The number of rotatable bonds is 6. The zero-order valence-electron chi connectivity index (χ0n) is 12.9. The van der Waals surface area contributed by atoms with Crippen LogP contribution in [0.1, 0.15) is 23.2 Å². The summed E-state index contributed by atoms with van der Waals surface area (Å²) >= 11 is 9.41. The Balaban J connectivity index is 1.64. The highest BCUT2D eigenvalue weighted by Gasteiger charge is 2.13. The Kier molecular flexibility index (Phi) is 7.15. The van der Waals surface area contributed by atoms with Crippen molar-refractivity contribution in [3.8, 4) is 0 Å². The summed E-state index contributed by atoms with van der Waals surface area (Å²) in [6, 6.07) is 5.31. The third-order valence-corrected chi connectivity index (χ3v) is 4.78. The Morgan fingerprint density at radius 2 is 2.00 bits per heavy atom. The number of likely N-dealkylation sites (N-methyl/N-ethyl adjacent to an activating group) is 1. The second-order valence-electron chi connectivity index (χ2n) is 5.73.